The molecule has 0 aliphatic rings. The van der Waals surface area contributed by atoms with Gasteiger partial charge in [-0.25, -0.2) is 0 Å². The Morgan fingerprint density at radius 2 is 1.71 bits per heavy atom. The lowest BCUT2D eigenvalue weighted by molar-refractivity contribution is -0.384. The summed E-state index contributed by atoms with van der Waals surface area (Å²) in [7, 11) is -1.18. The Bertz CT molecular complexity index is 681. The molecule has 2 aromatic rings. The topological polar surface area (TPSA) is 60.2 Å². The van der Waals surface area contributed by atoms with E-state index in [9.17, 15) is 14.3 Å². The molecule has 0 aliphatic carbocycles. The first-order valence-electron chi connectivity index (χ1n) is 6.09. The number of nitro groups is 1. The number of nitro benzene ring substituents is 1. The third kappa shape index (κ3) is 4.81. The summed E-state index contributed by atoms with van der Waals surface area (Å²) in [6.45, 7) is 0. The number of non-ortho nitro benzene ring substituents is 1. The molecule has 0 amide bonds. The number of hydrogen-bond donors (Lipinski definition) is 0. The highest BCUT2D eigenvalue weighted by molar-refractivity contribution is 7.87. The van der Waals surface area contributed by atoms with E-state index in [4.69, 9.17) is 11.6 Å². The fourth-order valence-electron chi connectivity index (χ4n) is 1.65. The molecule has 0 aliphatic heterocycles. The van der Waals surface area contributed by atoms with Gasteiger partial charge >= 0.3 is 0 Å². The normalized spacial score (nSPS) is 12.4. The molecule has 0 radical (unpaired) electrons. The Balaban J connectivity index is 1.98. The molecule has 21 heavy (non-hydrogen) atoms. The van der Waals surface area contributed by atoms with E-state index in [1.807, 2.05) is 12.1 Å². The van der Waals surface area contributed by atoms with E-state index >= 15 is 0 Å². The van der Waals surface area contributed by atoms with Crippen molar-refractivity contribution in [2.45, 2.75) is 5.75 Å². The zero-order valence-corrected chi connectivity index (χ0v) is 12.5. The van der Waals surface area contributed by atoms with Crippen LogP contribution in [0.4, 0.5) is 5.69 Å². The third-order valence-electron chi connectivity index (χ3n) is 2.74. The van der Waals surface area contributed by atoms with Crippen molar-refractivity contribution in [3.8, 4) is 0 Å². The van der Waals surface area contributed by atoms with Gasteiger partial charge in [-0.3, -0.25) is 14.3 Å². The van der Waals surface area contributed by atoms with E-state index in [0.29, 0.717) is 10.8 Å². The molecule has 4 nitrogen and oxygen atoms in total. The molecule has 6 heteroatoms. The lowest BCUT2D eigenvalue weighted by Gasteiger charge is -1.98. The minimum absolute atomic E-state index is 0.0289. The van der Waals surface area contributed by atoms with Gasteiger partial charge in [-0.1, -0.05) is 35.9 Å². The third-order valence-corrected chi connectivity index (χ3v) is 4.05. The van der Waals surface area contributed by atoms with Gasteiger partial charge in [0.1, 0.15) is 0 Å². The van der Waals surface area contributed by atoms with E-state index in [1.54, 1.807) is 35.7 Å². The maximum atomic E-state index is 11.9. The largest absolute Gasteiger partial charge is 0.269 e. The maximum Gasteiger partial charge on any atom is 0.269 e. The second-order valence-electron chi connectivity index (χ2n) is 4.30. The van der Waals surface area contributed by atoms with Gasteiger partial charge in [0.2, 0.25) is 0 Å². The fraction of sp³-hybridized carbons (Fsp3) is 0.0667. The van der Waals surface area contributed by atoms with Gasteiger partial charge in [0.25, 0.3) is 5.69 Å². The molecule has 0 aromatic heterocycles. The molecule has 0 spiro atoms. The van der Waals surface area contributed by atoms with Gasteiger partial charge < -0.3 is 0 Å². The van der Waals surface area contributed by atoms with Crippen molar-refractivity contribution in [1.82, 2.24) is 0 Å². The minimum Gasteiger partial charge on any atom is -0.258 e. The number of nitrogens with zero attached hydrogens (tertiary/aromatic N) is 1. The van der Waals surface area contributed by atoms with Gasteiger partial charge in [0.15, 0.2) is 0 Å². The van der Waals surface area contributed by atoms with Crippen LogP contribution in [0.1, 0.15) is 11.1 Å². The van der Waals surface area contributed by atoms with Gasteiger partial charge in [0, 0.05) is 22.6 Å². The Morgan fingerprint density at radius 3 is 2.29 bits per heavy atom. The summed E-state index contributed by atoms with van der Waals surface area (Å²) >= 11 is 5.78. The average molecular weight is 322 g/mol. The SMILES string of the molecule is O=[N+]([O-])c1ccc(CS(=O)C=Cc2ccc(Cl)cc2)cc1. The van der Waals surface area contributed by atoms with Crippen molar-refractivity contribution in [1.29, 1.82) is 0 Å². The number of rotatable bonds is 5. The van der Waals surface area contributed by atoms with E-state index in [-0.39, 0.29) is 5.69 Å². The summed E-state index contributed by atoms with van der Waals surface area (Å²) in [5.41, 5.74) is 1.73. The first-order valence-corrected chi connectivity index (χ1v) is 7.85. The van der Waals surface area contributed by atoms with Crippen molar-refractivity contribution >= 4 is 34.2 Å². The first kappa shape index (κ1) is 15.4. The Kier molecular flexibility index (Phi) is 5.25. The van der Waals surface area contributed by atoms with Gasteiger partial charge in [-0.15, -0.1) is 0 Å². The van der Waals surface area contributed by atoms with Crippen molar-refractivity contribution < 1.29 is 9.13 Å². The Hall–Kier alpha value is -1.98. The van der Waals surface area contributed by atoms with Crippen LogP contribution >= 0.6 is 11.6 Å². The summed E-state index contributed by atoms with van der Waals surface area (Å²) in [4.78, 5) is 10.1. The molecule has 2 aromatic carbocycles. The van der Waals surface area contributed by atoms with E-state index in [2.05, 4.69) is 0 Å². The molecular formula is C15H12ClNO3S. The van der Waals surface area contributed by atoms with E-state index < -0.39 is 15.7 Å². The predicted octanol–water partition coefficient (Wildman–Crippen LogP) is 4.17. The minimum atomic E-state index is -1.18. The van der Waals surface area contributed by atoms with E-state index in [0.717, 1.165) is 11.1 Å². The molecular weight excluding hydrogens is 310 g/mol. The first-order chi connectivity index (χ1) is 10.0. The Morgan fingerprint density at radius 1 is 1.10 bits per heavy atom. The summed E-state index contributed by atoms with van der Waals surface area (Å²) in [5, 5.41) is 12.8. The zero-order chi connectivity index (χ0) is 15.2. The van der Waals surface area contributed by atoms with Crippen LogP contribution in [0.2, 0.25) is 5.02 Å². The van der Waals surface area contributed by atoms with Crippen LogP contribution in [0.3, 0.4) is 0 Å². The summed E-state index contributed by atoms with van der Waals surface area (Å²) in [6.07, 6.45) is 1.76. The Labute approximate surface area is 129 Å². The highest BCUT2D eigenvalue weighted by Gasteiger charge is 2.05. The van der Waals surface area contributed by atoms with Crippen LogP contribution < -0.4 is 0 Å². The summed E-state index contributed by atoms with van der Waals surface area (Å²) in [6, 6.07) is 13.3. The molecule has 0 N–H and O–H groups in total. The van der Waals surface area contributed by atoms with Crippen LogP contribution in [0.5, 0.6) is 0 Å². The number of hydrogen-bond acceptors (Lipinski definition) is 3. The van der Waals surface area contributed by atoms with Gasteiger partial charge in [0.05, 0.1) is 21.5 Å². The van der Waals surface area contributed by atoms with Crippen LogP contribution in [0, 0.1) is 10.1 Å². The molecule has 0 saturated heterocycles. The van der Waals surface area contributed by atoms with Crippen molar-refractivity contribution in [2.75, 3.05) is 0 Å². The molecule has 1 atom stereocenters. The second-order valence-corrected chi connectivity index (χ2v) is 6.06. The summed E-state index contributed by atoms with van der Waals surface area (Å²) in [5.74, 6) is 0.322. The lowest BCUT2D eigenvalue weighted by atomic mass is 10.2. The van der Waals surface area contributed by atoms with Crippen LogP contribution in [-0.2, 0) is 16.6 Å². The fourth-order valence-corrected chi connectivity index (χ4v) is 2.71. The highest BCUT2D eigenvalue weighted by Crippen LogP contribution is 2.14. The lowest BCUT2D eigenvalue weighted by Crippen LogP contribution is -1.93. The molecule has 1 unspecified atom stereocenters. The maximum absolute atomic E-state index is 11.9. The van der Waals surface area contributed by atoms with Crippen LogP contribution in [0.25, 0.3) is 6.08 Å². The predicted molar refractivity (Wildman–Crippen MR) is 85.4 cm³/mol. The molecule has 0 saturated carbocycles. The highest BCUT2D eigenvalue weighted by atomic mass is 35.5. The molecule has 0 bridgehead atoms. The molecule has 0 heterocycles. The standard InChI is InChI=1S/C15H12ClNO3S/c16-14-5-1-12(2-6-14)9-10-21(20)11-13-3-7-15(8-4-13)17(18)19/h1-10H,11H2. The van der Waals surface area contributed by atoms with Gasteiger partial charge in [-0.2, -0.15) is 0 Å². The monoisotopic (exact) mass is 321 g/mol. The van der Waals surface area contributed by atoms with Crippen LogP contribution in [-0.4, -0.2) is 9.13 Å². The molecule has 2 rings (SSSR count). The number of halogens is 1. The number of benzene rings is 2. The van der Waals surface area contributed by atoms with Crippen molar-refractivity contribution in [3.63, 3.8) is 0 Å². The zero-order valence-electron chi connectivity index (χ0n) is 10.9. The van der Waals surface area contributed by atoms with Crippen LogP contribution in [0.15, 0.2) is 53.9 Å². The quantitative estimate of drug-likeness (QED) is 0.613. The van der Waals surface area contributed by atoms with Crippen molar-refractivity contribution in [2.24, 2.45) is 0 Å². The average Bonchev–Trinajstić information content (AvgIpc) is 2.47. The molecule has 0 fully saturated rings. The summed E-state index contributed by atoms with van der Waals surface area (Å²) < 4.78 is 11.9. The van der Waals surface area contributed by atoms with Crippen molar-refractivity contribution in [3.05, 3.63) is 80.2 Å². The van der Waals surface area contributed by atoms with E-state index in [1.165, 1.54) is 12.1 Å². The van der Waals surface area contributed by atoms with Gasteiger partial charge in [-0.05, 0) is 29.3 Å². The molecule has 108 valence electrons. The smallest absolute Gasteiger partial charge is 0.258 e. The second kappa shape index (κ2) is 7.15.